The van der Waals surface area contributed by atoms with Crippen LogP contribution in [0, 0.1) is 10.1 Å². The zero-order chi connectivity index (χ0) is 10.0. The first-order valence-electron chi connectivity index (χ1n) is 3.68. The van der Waals surface area contributed by atoms with Crippen molar-refractivity contribution in [2.45, 2.75) is 20.8 Å². The summed E-state index contributed by atoms with van der Waals surface area (Å²) in [7, 11) is 0. The Kier molecular flexibility index (Phi) is 4.88. The van der Waals surface area contributed by atoms with Gasteiger partial charge in [-0.15, -0.1) is 0 Å². The molecule has 0 aliphatic rings. The van der Waals surface area contributed by atoms with Gasteiger partial charge in [0.15, 0.2) is 0 Å². The lowest BCUT2D eigenvalue weighted by molar-refractivity contribution is -0.384. The molecule has 0 aliphatic carbocycles. The van der Waals surface area contributed by atoms with Crippen molar-refractivity contribution >= 4 is 28.9 Å². The van der Waals surface area contributed by atoms with E-state index in [4.69, 9.17) is 23.2 Å². The lowest BCUT2D eigenvalue weighted by atomic mass is 10.1. The first-order valence-corrected chi connectivity index (χ1v) is 4.44. The molecule has 0 aromatic heterocycles. The van der Waals surface area contributed by atoms with Gasteiger partial charge in [0.05, 0.1) is 9.95 Å². The van der Waals surface area contributed by atoms with E-state index in [-0.39, 0.29) is 18.1 Å². The Bertz CT molecular complexity index is 353. The van der Waals surface area contributed by atoms with Gasteiger partial charge in [-0.2, -0.15) is 0 Å². The summed E-state index contributed by atoms with van der Waals surface area (Å²) in [6, 6.07) is 2.81. The zero-order valence-electron chi connectivity index (χ0n) is 6.88. The highest BCUT2D eigenvalue weighted by Crippen LogP contribution is 2.30. The molecule has 0 unspecified atom stereocenters. The second kappa shape index (κ2) is 5.17. The van der Waals surface area contributed by atoms with E-state index in [1.807, 2.05) is 6.92 Å². The van der Waals surface area contributed by atoms with Crippen molar-refractivity contribution in [2.75, 3.05) is 0 Å². The number of aryl methyl sites for hydroxylation is 1. The molecule has 0 saturated carbocycles. The highest BCUT2D eigenvalue weighted by molar-refractivity contribution is 6.35. The third-order valence-electron chi connectivity index (χ3n) is 1.69. The average Bonchev–Trinajstić information content (AvgIpc) is 2.07. The Labute approximate surface area is 92.8 Å². The second-order valence-corrected chi connectivity index (χ2v) is 3.32. The van der Waals surface area contributed by atoms with Gasteiger partial charge in [-0.05, 0) is 18.1 Å². The van der Waals surface area contributed by atoms with Crippen LogP contribution >= 0.6 is 23.2 Å². The van der Waals surface area contributed by atoms with Crippen molar-refractivity contribution in [3.8, 4) is 0 Å². The van der Waals surface area contributed by atoms with E-state index >= 15 is 0 Å². The quantitative estimate of drug-likeness (QED) is 0.573. The largest absolute Gasteiger partial charge is 0.289 e. The van der Waals surface area contributed by atoms with Crippen molar-refractivity contribution in [1.29, 1.82) is 0 Å². The number of nitro groups is 1. The van der Waals surface area contributed by atoms with Gasteiger partial charge in [0.1, 0.15) is 5.02 Å². The van der Waals surface area contributed by atoms with E-state index in [1.165, 1.54) is 12.1 Å². The lowest BCUT2D eigenvalue weighted by Gasteiger charge is -2.01. The van der Waals surface area contributed by atoms with Crippen LogP contribution in [-0.2, 0) is 6.42 Å². The summed E-state index contributed by atoms with van der Waals surface area (Å²) in [5.74, 6) is 0. The minimum absolute atomic E-state index is 0. The van der Waals surface area contributed by atoms with Crippen molar-refractivity contribution in [3.05, 3.63) is 37.9 Å². The van der Waals surface area contributed by atoms with E-state index in [0.29, 0.717) is 11.4 Å². The van der Waals surface area contributed by atoms with E-state index in [9.17, 15) is 10.1 Å². The molecule has 14 heavy (non-hydrogen) atoms. The molecular weight excluding hydrogens is 225 g/mol. The summed E-state index contributed by atoms with van der Waals surface area (Å²) in [6.45, 7) is 1.91. The molecule has 0 N–H and O–H groups in total. The molecule has 0 amide bonds. The van der Waals surface area contributed by atoms with Crippen LogP contribution in [0.15, 0.2) is 12.1 Å². The smallest absolute Gasteiger partial charge is 0.258 e. The maximum absolute atomic E-state index is 10.4. The molecule has 3 nitrogen and oxygen atoms in total. The Morgan fingerprint density at radius 3 is 2.36 bits per heavy atom. The fourth-order valence-corrected chi connectivity index (χ4v) is 1.54. The molecule has 0 radical (unpaired) electrons. The van der Waals surface area contributed by atoms with Gasteiger partial charge in [-0.3, -0.25) is 10.1 Å². The minimum atomic E-state index is -0.548. The zero-order valence-corrected chi connectivity index (χ0v) is 8.39. The van der Waals surface area contributed by atoms with Crippen LogP contribution in [-0.4, -0.2) is 4.92 Å². The van der Waals surface area contributed by atoms with Gasteiger partial charge < -0.3 is 0 Å². The third-order valence-corrected chi connectivity index (χ3v) is 2.35. The second-order valence-electron chi connectivity index (χ2n) is 2.51. The Morgan fingerprint density at radius 2 is 1.93 bits per heavy atom. The van der Waals surface area contributed by atoms with Crippen LogP contribution in [0.4, 0.5) is 5.69 Å². The Morgan fingerprint density at radius 1 is 1.36 bits per heavy atom. The van der Waals surface area contributed by atoms with Crippen LogP contribution in [0.1, 0.15) is 19.9 Å². The Balaban J connectivity index is 0.00000169. The van der Waals surface area contributed by atoms with E-state index < -0.39 is 4.92 Å². The predicted molar refractivity (Wildman–Crippen MR) is 59.2 cm³/mol. The molecule has 0 spiro atoms. The first kappa shape index (κ1) is 13.2. The summed E-state index contributed by atoms with van der Waals surface area (Å²) in [4.78, 5) is 9.89. The van der Waals surface area contributed by atoms with Gasteiger partial charge in [0.2, 0.25) is 0 Å². The lowest BCUT2D eigenvalue weighted by Crippen LogP contribution is -1.91. The van der Waals surface area contributed by atoms with Crippen LogP contribution in [0.5, 0.6) is 0 Å². The number of nitro benzene ring substituents is 1. The number of benzene rings is 1. The van der Waals surface area contributed by atoms with E-state index in [2.05, 4.69) is 0 Å². The van der Waals surface area contributed by atoms with E-state index in [1.54, 1.807) is 0 Å². The fourth-order valence-electron chi connectivity index (χ4n) is 0.988. The Hall–Kier alpha value is -0.800. The molecule has 0 aliphatic heterocycles. The van der Waals surface area contributed by atoms with Crippen molar-refractivity contribution in [1.82, 2.24) is 0 Å². The topological polar surface area (TPSA) is 43.1 Å². The summed E-state index contributed by atoms with van der Waals surface area (Å²) in [5, 5.41) is 11.0. The summed E-state index contributed by atoms with van der Waals surface area (Å²) in [6.07, 6.45) is 0.705. The molecule has 78 valence electrons. The van der Waals surface area contributed by atoms with Gasteiger partial charge in [-0.25, -0.2) is 0 Å². The molecule has 0 atom stereocenters. The summed E-state index contributed by atoms with van der Waals surface area (Å²) in [5.41, 5.74) is 0.668. The number of hydrogen-bond acceptors (Lipinski definition) is 2. The van der Waals surface area contributed by atoms with Gasteiger partial charge in [0.25, 0.3) is 5.69 Å². The predicted octanol–water partition coefficient (Wildman–Crippen LogP) is 4.10. The van der Waals surface area contributed by atoms with Crippen LogP contribution in [0.3, 0.4) is 0 Å². The monoisotopic (exact) mass is 235 g/mol. The minimum Gasteiger partial charge on any atom is -0.258 e. The molecule has 0 saturated heterocycles. The van der Waals surface area contributed by atoms with E-state index in [0.717, 1.165) is 5.56 Å². The standard InChI is InChI=1S/C8H7Cl2NO2.CH4/c1-2-5-3-7(10)8(11(12)13)4-6(5)9;/h3-4H,2H2,1H3;1H4. The third kappa shape index (κ3) is 2.59. The summed E-state index contributed by atoms with van der Waals surface area (Å²) >= 11 is 11.5. The first-order chi connectivity index (χ1) is 6.06. The summed E-state index contributed by atoms with van der Waals surface area (Å²) < 4.78 is 0. The van der Waals surface area contributed by atoms with Gasteiger partial charge >= 0.3 is 0 Å². The number of rotatable bonds is 2. The van der Waals surface area contributed by atoms with Crippen LogP contribution in [0.25, 0.3) is 0 Å². The van der Waals surface area contributed by atoms with Crippen molar-refractivity contribution in [2.24, 2.45) is 0 Å². The highest BCUT2D eigenvalue weighted by Gasteiger charge is 2.14. The molecule has 5 heteroatoms. The van der Waals surface area contributed by atoms with Crippen molar-refractivity contribution in [3.63, 3.8) is 0 Å². The van der Waals surface area contributed by atoms with Gasteiger partial charge in [-0.1, -0.05) is 37.6 Å². The SMILES string of the molecule is C.CCc1cc(Cl)c([N+](=O)[O-])cc1Cl. The average molecular weight is 236 g/mol. The maximum Gasteiger partial charge on any atom is 0.289 e. The molecule has 0 fully saturated rings. The van der Waals surface area contributed by atoms with Crippen LogP contribution < -0.4 is 0 Å². The maximum atomic E-state index is 10.4. The number of nitrogens with zero attached hydrogens (tertiary/aromatic N) is 1. The molecule has 0 heterocycles. The number of halogens is 2. The normalized spacial score (nSPS) is 9.36. The molecular formula is C9H11Cl2NO2. The molecule has 1 aromatic rings. The van der Waals surface area contributed by atoms with Crippen molar-refractivity contribution < 1.29 is 4.92 Å². The molecule has 1 aromatic carbocycles. The molecule has 1 rings (SSSR count). The number of hydrogen-bond donors (Lipinski definition) is 0. The van der Waals surface area contributed by atoms with Crippen LogP contribution in [0.2, 0.25) is 10.0 Å². The fraction of sp³-hybridized carbons (Fsp3) is 0.333. The highest BCUT2D eigenvalue weighted by atomic mass is 35.5. The van der Waals surface area contributed by atoms with Gasteiger partial charge in [0, 0.05) is 6.07 Å². The molecule has 0 bridgehead atoms.